The number of rotatable bonds is 3. The van der Waals surface area contributed by atoms with Crippen molar-refractivity contribution in [1.29, 1.82) is 0 Å². The van der Waals surface area contributed by atoms with Gasteiger partial charge < -0.3 is 4.79 Å². The van der Waals surface area contributed by atoms with Gasteiger partial charge in [-0.2, -0.15) is 0 Å². The first-order valence-electron chi connectivity index (χ1n) is 12.9. The summed E-state index contributed by atoms with van der Waals surface area (Å²) in [6, 6.07) is 0. The number of carbonyl (C=O) groups excluding carboxylic acids is 1. The molecule has 28 heavy (non-hydrogen) atoms. The number of hydrogen-bond acceptors (Lipinski definition) is 1. The van der Waals surface area contributed by atoms with Crippen molar-refractivity contribution in [3.05, 3.63) is 0 Å². The molecule has 164 valence electrons. The van der Waals surface area contributed by atoms with E-state index in [2.05, 4.69) is 20.8 Å². The normalized spacial score (nSPS) is 43.9. The highest BCUT2D eigenvalue weighted by molar-refractivity contribution is 5.44. The Labute approximate surface area is 176 Å². The minimum atomic E-state index is 0.716. The zero-order valence-electron chi connectivity index (χ0n) is 20.1. The molecule has 1 nitrogen and oxygen atoms in total. The molecule has 0 radical (unpaired) electrons. The minimum Gasteiger partial charge on any atom is -0.304 e. The van der Waals surface area contributed by atoms with Gasteiger partial charge in [0.05, 0.1) is 0 Å². The molecule has 0 aromatic heterocycles. The minimum absolute atomic E-state index is 0.716. The lowest BCUT2D eigenvalue weighted by atomic mass is 9.45. The predicted octanol–water partition coefficient (Wildman–Crippen LogP) is 8.46. The summed E-state index contributed by atoms with van der Waals surface area (Å²) in [6.07, 6.45) is 20.7. The monoisotopic (exact) mass is 390 g/mol. The van der Waals surface area contributed by atoms with Gasteiger partial charge in [0.2, 0.25) is 0 Å². The smallest absolute Gasteiger partial charge is 0.116 e. The van der Waals surface area contributed by atoms with E-state index in [9.17, 15) is 0 Å². The second kappa shape index (κ2) is 10.6. The highest BCUT2D eigenvalue weighted by atomic mass is 16.1. The Morgan fingerprint density at radius 1 is 0.857 bits per heavy atom. The second-order valence-corrected chi connectivity index (χ2v) is 10.6. The molecule has 0 spiro atoms. The maximum atomic E-state index is 8.81. The Balaban J connectivity index is 0.000000514. The Hall–Kier alpha value is -0.330. The molecule has 0 amide bonds. The first-order chi connectivity index (χ1) is 13.5. The van der Waals surface area contributed by atoms with Gasteiger partial charge in [0.1, 0.15) is 6.29 Å². The third kappa shape index (κ3) is 4.39. The Morgan fingerprint density at radius 3 is 2.21 bits per heavy atom. The van der Waals surface area contributed by atoms with Crippen LogP contribution in [0.1, 0.15) is 125 Å². The van der Waals surface area contributed by atoms with Crippen LogP contribution in [0.3, 0.4) is 0 Å². The topological polar surface area (TPSA) is 17.1 Å². The van der Waals surface area contributed by atoms with Crippen molar-refractivity contribution >= 4 is 6.29 Å². The van der Waals surface area contributed by atoms with Gasteiger partial charge in [-0.3, -0.25) is 0 Å². The van der Waals surface area contributed by atoms with Crippen LogP contribution in [0, 0.1) is 40.4 Å². The van der Waals surface area contributed by atoms with Gasteiger partial charge in [0.25, 0.3) is 0 Å². The van der Waals surface area contributed by atoms with E-state index in [0.29, 0.717) is 5.41 Å². The number of hydrogen-bond donors (Lipinski definition) is 0. The maximum Gasteiger partial charge on any atom is 0.116 e. The summed E-state index contributed by atoms with van der Waals surface area (Å²) >= 11 is 0. The first-order valence-corrected chi connectivity index (χ1v) is 12.9. The summed E-state index contributed by atoms with van der Waals surface area (Å²) in [5.41, 5.74) is 1.44. The van der Waals surface area contributed by atoms with E-state index in [4.69, 9.17) is 4.79 Å². The van der Waals surface area contributed by atoms with Gasteiger partial charge in [0.15, 0.2) is 0 Å². The summed E-state index contributed by atoms with van der Waals surface area (Å²) in [5.74, 6) is 5.41. The SMILES string of the molecule is CC.CC=O.CCCCC1CCC2C3CCC4CCCCC4(C)C3CCC12C. The van der Waals surface area contributed by atoms with Crippen LogP contribution >= 0.6 is 0 Å². The summed E-state index contributed by atoms with van der Waals surface area (Å²) in [6.45, 7) is 13.3. The molecule has 4 rings (SSSR count). The Kier molecular flexibility index (Phi) is 9.09. The lowest BCUT2D eigenvalue weighted by Gasteiger charge is -2.60. The first kappa shape index (κ1) is 23.9. The average Bonchev–Trinajstić information content (AvgIpc) is 3.04. The van der Waals surface area contributed by atoms with E-state index in [1.807, 2.05) is 13.8 Å². The van der Waals surface area contributed by atoms with Crippen LogP contribution in [-0.4, -0.2) is 6.29 Å². The second-order valence-electron chi connectivity index (χ2n) is 10.6. The number of aldehydes is 1. The van der Waals surface area contributed by atoms with Gasteiger partial charge in [-0.25, -0.2) is 0 Å². The van der Waals surface area contributed by atoms with E-state index in [1.54, 1.807) is 51.4 Å². The molecule has 4 aliphatic carbocycles. The van der Waals surface area contributed by atoms with Crippen LogP contribution < -0.4 is 0 Å². The van der Waals surface area contributed by atoms with Crippen molar-refractivity contribution in [3.63, 3.8) is 0 Å². The molecule has 0 saturated heterocycles. The maximum absolute atomic E-state index is 8.81. The van der Waals surface area contributed by atoms with Crippen LogP contribution in [-0.2, 0) is 4.79 Å². The molecule has 0 heterocycles. The summed E-state index contributed by atoms with van der Waals surface area (Å²) in [4.78, 5) is 8.81. The van der Waals surface area contributed by atoms with Gasteiger partial charge >= 0.3 is 0 Å². The molecule has 0 aliphatic heterocycles. The standard InChI is InChI=1S/C23H40.C2H4O.C2H6/c1-4-5-8-17-11-13-20-19-12-10-18-9-6-7-15-22(18,2)21(19)14-16-23(17,20)3;1-2-3;1-2/h17-21H,4-16H2,1-3H3;2H,1H3;1-2H3. The number of fused-ring (bicyclic) bond motifs is 5. The quantitative estimate of drug-likeness (QED) is 0.442. The number of unbranched alkanes of at least 4 members (excludes halogenated alkanes) is 1. The van der Waals surface area contributed by atoms with Crippen LogP contribution in [0.5, 0.6) is 0 Å². The molecule has 0 bridgehead atoms. The molecule has 4 aliphatic rings. The van der Waals surface area contributed by atoms with E-state index in [0.717, 1.165) is 41.3 Å². The lowest BCUT2D eigenvalue weighted by molar-refractivity contribution is -0.111. The zero-order valence-corrected chi connectivity index (χ0v) is 20.1. The molecular weight excluding hydrogens is 340 g/mol. The highest BCUT2D eigenvalue weighted by Crippen LogP contribution is 2.67. The predicted molar refractivity (Wildman–Crippen MR) is 122 cm³/mol. The van der Waals surface area contributed by atoms with Crippen molar-refractivity contribution in [2.45, 2.75) is 125 Å². The van der Waals surface area contributed by atoms with Crippen LogP contribution in [0.4, 0.5) is 0 Å². The van der Waals surface area contributed by atoms with E-state index < -0.39 is 0 Å². The fourth-order valence-corrected chi connectivity index (χ4v) is 8.33. The Bertz CT molecular complexity index is 471. The molecule has 4 fully saturated rings. The summed E-state index contributed by atoms with van der Waals surface area (Å²) in [5, 5.41) is 0. The third-order valence-corrected chi connectivity index (χ3v) is 9.69. The van der Waals surface area contributed by atoms with Crippen LogP contribution in [0.2, 0.25) is 0 Å². The molecule has 7 unspecified atom stereocenters. The number of carbonyl (C=O) groups is 1. The zero-order chi connectivity index (χ0) is 20.8. The van der Waals surface area contributed by atoms with Crippen molar-refractivity contribution in [2.24, 2.45) is 40.4 Å². The van der Waals surface area contributed by atoms with E-state index in [1.165, 1.54) is 39.0 Å². The molecule has 0 N–H and O–H groups in total. The molecular formula is C27H50O. The average molecular weight is 391 g/mol. The lowest BCUT2D eigenvalue weighted by Crippen LogP contribution is -2.52. The van der Waals surface area contributed by atoms with Crippen LogP contribution in [0.15, 0.2) is 0 Å². The summed E-state index contributed by atoms with van der Waals surface area (Å²) in [7, 11) is 0. The molecule has 1 heteroatoms. The van der Waals surface area contributed by atoms with Gasteiger partial charge in [-0.05, 0) is 105 Å². The van der Waals surface area contributed by atoms with E-state index >= 15 is 0 Å². The van der Waals surface area contributed by atoms with Crippen molar-refractivity contribution < 1.29 is 4.79 Å². The van der Waals surface area contributed by atoms with Crippen molar-refractivity contribution in [3.8, 4) is 0 Å². The molecule has 4 saturated carbocycles. The molecule has 0 aromatic rings. The van der Waals surface area contributed by atoms with Crippen molar-refractivity contribution in [1.82, 2.24) is 0 Å². The van der Waals surface area contributed by atoms with Gasteiger partial charge in [-0.1, -0.05) is 60.3 Å². The van der Waals surface area contributed by atoms with Gasteiger partial charge in [0, 0.05) is 0 Å². The van der Waals surface area contributed by atoms with Crippen LogP contribution in [0.25, 0.3) is 0 Å². The fraction of sp³-hybridized carbons (Fsp3) is 0.963. The van der Waals surface area contributed by atoms with E-state index in [-0.39, 0.29) is 0 Å². The molecule has 0 aromatic carbocycles. The Morgan fingerprint density at radius 2 is 1.54 bits per heavy atom. The summed E-state index contributed by atoms with van der Waals surface area (Å²) < 4.78 is 0. The largest absolute Gasteiger partial charge is 0.304 e. The highest BCUT2D eigenvalue weighted by Gasteiger charge is 2.59. The third-order valence-electron chi connectivity index (χ3n) is 9.69. The molecule has 7 atom stereocenters. The van der Waals surface area contributed by atoms with Gasteiger partial charge in [-0.15, -0.1) is 0 Å². The van der Waals surface area contributed by atoms with Crippen molar-refractivity contribution in [2.75, 3.05) is 0 Å². The fourth-order valence-electron chi connectivity index (χ4n) is 8.33.